The Morgan fingerprint density at radius 2 is 0.919 bits per heavy atom. The van der Waals surface area contributed by atoms with Crippen LogP contribution in [0, 0.1) is 0 Å². The first-order valence-electron chi connectivity index (χ1n) is 12.9. The molecule has 0 atom stereocenters. The normalized spacial score (nSPS) is 10.8. The van der Waals surface area contributed by atoms with Gasteiger partial charge in [0.2, 0.25) is 0 Å². The monoisotopic (exact) mass is 530 g/mol. The first-order valence-corrected chi connectivity index (χ1v) is 14.7. The lowest BCUT2D eigenvalue weighted by atomic mass is 10.1. The van der Waals surface area contributed by atoms with E-state index in [1.165, 1.54) is 9.75 Å². The van der Waals surface area contributed by atoms with Crippen molar-refractivity contribution in [1.29, 1.82) is 0 Å². The second-order valence-corrected chi connectivity index (χ2v) is 11.2. The van der Waals surface area contributed by atoms with Gasteiger partial charge in [0.15, 0.2) is 0 Å². The van der Waals surface area contributed by atoms with E-state index in [2.05, 4.69) is 22.9 Å². The molecule has 0 radical (unpaired) electrons. The summed E-state index contributed by atoms with van der Waals surface area (Å²) < 4.78 is 0. The van der Waals surface area contributed by atoms with Gasteiger partial charge in [-0.3, -0.25) is 9.59 Å². The summed E-state index contributed by atoms with van der Waals surface area (Å²) in [6.45, 7) is 2.82. The van der Waals surface area contributed by atoms with Gasteiger partial charge in [0, 0.05) is 34.0 Å². The van der Waals surface area contributed by atoms with Crippen LogP contribution in [0.1, 0.15) is 62.6 Å². The standard InChI is InChI=1S/C31H34N2O2S2/c34-30(26-14-6-4-7-15-26)32(24-28-18-12-22-36-28)20-10-2-1-3-11-21-33(25-29-19-13-23-37-29)31(35)27-16-8-5-9-17-27/h4-9,12-19,22-23H,1-3,10-11,20-21,24-25H2. The van der Waals surface area contributed by atoms with E-state index in [0.29, 0.717) is 13.1 Å². The maximum Gasteiger partial charge on any atom is 0.254 e. The van der Waals surface area contributed by atoms with Crippen LogP contribution in [-0.4, -0.2) is 34.7 Å². The average Bonchev–Trinajstić information content (AvgIpc) is 3.66. The van der Waals surface area contributed by atoms with Crippen LogP contribution in [-0.2, 0) is 13.1 Å². The third-order valence-corrected chi connectivity index (χ3v) is 8.05. The highest BCUT2D eigenvalue weighted by molar-refractivity contribution is 7.10. The van der Waals surface area contributed by atoms with Gasteiger partial charge in [0.05, 0.1) is 13.1 Å². The SMILES string of the molecule is O=C(c1ccccc1)N(CCCCCCCN(Cc1cccs1)C(=O)c1ccccc1)Cc1cccs1. The Morgan fingerprint density at radius 1 is 0.514 bits per heavy atom. The minimum absolute atomic E-state index is 0.0950. The lowest BCUT2D eigenvalue weighted by Gasteiger charge is -2.23. The zero-order valence-electron chi connectivity index (χ0n) is 21.1. The molecule has 2 amide bonds. The van der Waals surface area contributed by atoms with Gasteiger partial charge < -0.3 is 9.80 Å². The molecule has 4 nitrogen and oxygen atoms in total. The maximum absolute atomic E-state index is 13.1. The quantitative estimate of drug-likeness (QED) is 0.156. The van der Waals surface area contributed by atoms with Crippen LogP contribution in [0.5, 0.6) is 0 Å². The van der Waals surface area contributed by atoms with E-state index >= 15 is 0 Å². The molecule has 6 heteroatoms. The molecule has 0 unspecified atom stereocenters. The van der Waals surface area contributed by atoms with E-state index in [1.807, 2.05) is 82.6 Å². The highest BCUT2D eigenvalue weighted by Crippen LogP contribution is 2.18. The topological polar surface area (TPSA) is 40.6 Å². The molecule has 0 fully saturated rings. The molecule has 0 N–H and O–H groups in total. The molecule has 0 aliphatic rings. The van der Waals surface area contributed by atoms with Gasteiger partial charge in [-0.1, -0.05) is 67.8 Å². The summed E-state index contributed by atoms with van der Waals surface area (Å²) in [5, 5.41) is 4.12. The number of thiophene rings is 2. The molecule has 2 aromatic heterocycles. The molecule has 0 spiro atoms. The number of nitrogens with zero attached hydrogens (tertiary/aromatic N) is 2. The van der Waals surface area contributed by atoms with E-state index in [9.17, 15) is 9.59 Å². The predicted octanol–water partition coefficient (Wildman–Crippen LogP) is 7.75. The van der Waals surface area contributed by atoms with E-state index in [0.717, 1.165) is 56.3 Å². The molecule has 2 aromatic carbocycles. The number of rotatable bonds is 14. The predicted molar refractivity (Wildman–Crippen MR) is 154 cm³/mol. The van der Waals surface area contributed by atoms with Crippen LogP contribution in [0.2, 0.25) is 0 Å². The molecule has 0 bridgehead atoms. The zero-order valence-corrected chi connectivity index (χ0v) is 22.8. The highest BCUT2D eigenvalue weighted by Gasteiger charge is 2.17. The van der Waals surface area contributed by atoms with Crippen molar-refractivity contribution in [3.8, 4) is 0 Å². The summed E-state index contributed by atoms with van der Waals surface area (Å²) in [7, 11) is 0. The summed E-state index contributed by atoms with van der Waals surface area (Å²) in [5.41, 5.74) is 1.49. The molecular formula is C31H34N2O2S2. The van der Waals surface area contributed by atoms with Crippen molar-refractivity contribution >= 4 is 34.5 Å². The van der Waals surface area contributed by atoms with Gasteiger partial charge in [0.25, 0.3) is 11.8 Å². The van der Waals surface area contributed by atoms with Gasteiger partial charge in [0.1, 0.15) is 0 Å². The van der Waals surface area contributed by atoms with Crippen LogP contribution in [0.3, 0.4) is 0 Å². The van der Waals surface area contributed by atoms with Crippen LogP contribution in [0.25, 0.3) is 0 Å². The molecule has 0 aliphatic heterocycles. The Kier molecular flexibility index (Phi) is 10.5. The van der Waals surface area contributed by atoms with Crippen molar-refractivity contribution in [2.75, 3.05) is 13.1 Å². The summed E-state index contributed by atoms with van der Waals surface area (Å²) in [6.07, 6.45) is 5.19. The van der Waals surface area contributed by atoms with E-state index in [4.69, 9.17) is 0 Å². The van der Waals surface area contributed by atoms with Gasteiger partial charge in [-0.2, -0.15) is 0 Å². The van der Waals surface area contributed by atoms with E-state index < -0.39 is 0 Å². The molecule has 2 heterocycles. The fourth-order valence-electron chi connectivity index (χ4n) is 4.35. The lowest BCUT2D eigenvalue weighted by molar-refractivity contribution is 0.0737. The van der Waals surface area contributed by atoms with Crippen LogP contribution in [0.4, 0.5) is 0 Å². The minimum Gasteiger partial charge on any atom is -0.334 e. The second kappa shape index (κ2) is 14.5. The van der Waals surface area contributed by atoms with E-state index in [-0.39, 0.29) is 11.8 Å². The van der Waals surface area contributed by atoms with Crippen molar-refractivity contribution in [3.63, 3.8) is 0 Å². The number of hydrogen-bond acceptors (Lipinski definition) is 4. The number of carbonyl (C=O) groups excluding carboxylic acids is 2. The van der Waals surface area contributed by atoms with Crippen molar-refractivity contribution in [3.05, 3.63) is 117 Å². The van der Waals surface area contributed by atoms with Crippen molar-refractivity contribution in [2.45, 2.75) is 45.2 Å². The zero-order chi connectivity index (χ0) is 25.7. The number of benzene rings is 2. The van der Waals surface area contributed by atoms with Crippen LogP contribution >= 0.6 is 22.7 Å². The van der Waals surface area contributed by atoms with Crippen molar-refractivity contribution in [1.82, 2.24) is 9.80 Å². The molecule has 0 saturated heterocycles. The number of hydrogen-bond donors (Lipinski definition) is 0. The molecule has 37 heavy (non-hydrogen) atoms. The Hall–Kier alpha value is -3.22. The Bertz CT molecular complexity index is 1100. The average molecular weight is 531 g/mol. The molecule has 0 aliphatic carbocycles. The van der Waals surface area contributed by atoms with Crippen LogP contribution < -0.4 is 0 Å². The maximum atomic E-state index is 13.1. The largest absolute Gasteiger partial charge is 0.334 e. The fraction of sp³-hybridized carbons (Fsp3) is 0.290. The number of carbonyl (C=O) groups is 2. The third kappa shape index (κ3) is 8.41. The van der Waals surface area contributed by atoms with Crippen molar-refractivity contribution < 1.29 is 9.59 Å². The molecule has 4 rings (SSSR count). The number of unbranched alkanes of at least 4 members (excludes halogenated alkanes) is 4. The highest BCUT2D eigenvalue weighted by atomic mass is 32.1. The van der Waals surface area contributed by atoms with Gasteiger partial charge >= 0.3 is 0 Å². The summed E-state index contributed by atoms with van der Waals surface area (Å²) in [6, 6.07) is 27.4. The summed E-state index contributed by atoms with van der Waals surface area (Å²) >= 11 is 3.39. The summed E-state index contributed by atoms with van der Waals surface area (Å²) in [4.78, 5) is 32.6. The Morgan fingerprint density at radius 3 is 1.30 bits per heavy atom. The van der Waals surface area contributed by atoms with Crippen molar-refractivity contribution in [2.24, 2.45) is 0 Å². The second-order valence-electron chi connectivity index (χ2n) is 9.11. The smallest absolute Gasteiger partial charge is 0.254 e. The number of amides is 2. The van der Waals surface area contributed by atoms with Gasteiger partial charge in [-0.15, -0.1) is 22.7 Å². The first kappa shape index (κ1) is 26.8. The third-order valence-electron chi connectivity index (χ3n) is 6.33. The molecule has 4 aromatic rings. The summed E-state index contributed by atoms with van der Waals surface area (Å²) in [5.74, 6) is 0.190. The molecule has 192 valence electrons. The Labute approximate surface area is 228 Å². The Balaban J connectivity index is 1.23. The lowest BCUT2D eigenvalue weighted by Crippen LogP contribution is -2.31. The minimum atomic E-state index is 0.0950. The molecular weight excluding hydrogens is 496 g/mol. The van der Waals surface area contributed by atoms with E-state index in [1.54, 1.807) is 22.7 Å². The van der Waals surface area contributed by atoms with Gasteiger partial charge in [-0.25, -0.2) is 0 Å². The van der Waals surface area contributed by atoms with Crippen LogP contribution in [0.15, 0.2) is 95.7 Å². The van der Waals surface area contributed by atoms with Gasteiger partial charge in [-0.05, 0) is 60.0 Å². The first-order chi connectivity index (χ1) is 18.2. The fourth-order valence-corrected chi connectivity index (χ4v) is 5.79. The molecule has 0 saturated carbocycles.